The van der Waals surface area contributed by atoms with E-state index in [-0.39, 0.29) is 17.3 Å². The summed E-state index contributed by atoms with van der Waals surface area (Å²) >= 11 is 11.9. The summed E-state index contributed by atoms with van der Waals surface area (Å²) in [5.74, 6) is -0.543. The van der Waals surface area contributed by atoms with Gasteiger partial charge in [-0.15, -0.1) is 5.10 Å². The molecule has 9 heteroatoms. The average molecular weight is 313 g/mol. The minimum Gasteiger partial charge on any atom is -0.380 e. The van der Waals surface area contributed by atoms with E-state index >= 15 is 0 Å². The molecule has 4 N–H and O–H groups in total. The molecule has 0 amide bonds. The zero-order chi connectivity index (χ0) is 14.9. The third-order valence-corrected chi connectivity index (χ3v) is 3.19. The van der Waals surface area contributed by atoms with Crippen LogP contribution in [0.25, 0.3) is 0 Å². The van der Waals surface area contributed by atoms with E-state index in [1.54, 1.807) is 18.2 Å². The first kappa shape index (κ1) is 14.3. The van der Waals surface area contributed by atoms with Crippen LogP contribution in [0.3, 0.4) is 0 Å². The molecule has 1 heterocycles. The molecule has 0 radical (unpaired) electrons. The van der Waals surface area contributed by atoms with Gasteiger partial charge in [0.25, 0.3) is 0 Å². The third-order valence-electron chi connectivity index (χ3n) is 2.37. The number of carbonyl (C=O) groups is 1. The minimum absolute atomic E-state index is 0.0397. The lowest BCUT2D eigenvalue weighted by Gasteiger charge is -2.10. The van der Waals surface area contributed by atoms with Crippen LogP contribution in [0.2, 0.25) is 10.0 Å². The Morgan fingerprint density at radius 3 is 2.80 bits per heavy atom. The molecule has 0 aliphatic rings. The molecule has 7 nitrogen and oxygen atoms in total. The van der Waals surface area contributed by atoms with Gasteiger partial charge in [-0.05, 0) is 12.1 Å². The smallest absolute Gasteiger partial charge is 0.247 e. The lowest BCUT2D eigenvalue weighted by Crippen LogP contribution is -2.31. The zero-order valence-corrected chi connectivity index (χ0v) is 11.8. The number of anilines is 3. The quantitative estimate of drug-likeness (QED) is 0.786. The summed E-state index contributed by atoms with van der Waals surface area (Å²) < 4.78 is 0.836. The maximum Gasteiger partial charge on any atom is 0.247 e. The minimum atomic E-state index is -0.454. The van der Waals surface area contributed by atoms with E-state index in [0.717, 1.165) is 4.68 Å². The normalized spacial score (nSPS) is 10.3. The summed E-state index contributed by atoms with van der Waals surface area (Å²) in [4.78, 5) is 15.2. The number of carbonyl (C=O) groups excluding carboxylic acids is 1. The number of nitrogen functional groups attached to an aromatic ring is 1. The Kier molecular flexibility index (Phi) is 3.91. The summed E-state index contributed by atoms with van der Waals surface area (Å²) in [6.45, 7) is 1.26. The summed E-state index contributed by atoms with van der Waals surface area (Å²) in [5, 5.41) is 14.9. The summed E-state index contributed by atoms with van der Waals surface area (Å²) in [6, 6.07) is 4.99. The van der Waals surface area contributed by atoms with Crippen LogP contribution in [0, 0.1) is 5.41 Å². The summed E-state index contributed by atoms with van der Waals surface area (Å²) in [6.07, 6.45) is 0. The van der Waals surface area contributed by atoms with E-state index in [0.29, 0.717) is 15.7 Å². The maximum atomic E-state index is 11.4. The highest BCUT2D eigenvalue weighted by Gasteiger charge is 2.10. The van der Waals surface area contributed by atoms with Crippen molar-refractivity contribution in [3.8, 4) is 0 Å². The number of benzene rings is 1. The largest absolute Gasteiger partial charge is 0.380 e. The SMILES string of the molecule is CC(=O)n1nc(Nc2cccc(Cl)c2Cl)nc(N)c1=N. The number of nitrogens with one attached hydrogen (secondary N) is 2. The van der Waals surface area contributed by atoms with Gasteiger partial charge < -0.3 is 11.1 Å². The molecular weight excluding hydrogens is 303 g/mol. The molecule has 104 valence electrons. The van der Waals surface area contributed by atoms with Crippen LogP contribution in [0.4, 0.5) is 17.5 Å². The van der Waals surface area contributed by atoms with E-state index in [4.69, 9.17) is 34.3 Å². The second kappa shape index (κ2) is 5.48. The fourth-order valence-electron chi connectivity index (χ4n) is 1.44. The van der Waals surface area contributed by atoms with Gasteiger partial charge in [0, 0.05) is 6.92 Å². The van der Waals surface area contributed by atoms with Crippen LogP contribution < -0.4 is 16.5 Å². The first-order chi connectivity index (χ1) is 9.40. The number of nitrogens with two attached hydrogens (primary N) is 1. The highest BCUT2D eigenvalue weighted by Crippen LogP contribution is 2.30. The Morgan fingerprint density at radius 1 is 1.45 bits per heavy atom. The summed E-state index contributed by atoms with van der Waals surface area (Å²) in [5.41, 5.74) is 5.76. The number of hydrogen-bond donors (Lipinski definition) is 3. The Bertz CT molecular complexity index is 742. The van der Waals surface area contributed by atoms with Gasteiger partial charge in [0.15, 0.2) is 11.3 Å². The fourth-order valence-corrected chi connectivity index (χ4v) is 1.79. The monoisotopic (exact) mass is 312 g/mol. The van der Waals surface area contributed by atoms with Crippen LogP contribution in [-0.4, -0.2) is 20.7 Å². The standard InChI is InChI=1S/C11H10Cl2N6O/c1-5(20)19-10(15)9(14)17-11(18-19)16-7-4-2-3-6(12)8(7)13/h2-4,15H,1H3,(H3,14,16,17,18). The molecule has 0 unspecified atom stereocenters. The van der Waals surface area contributed by atoms with Crippen molar-refractivity contribution in [2.45, 2.75) is 6.92 Å². The number of nitrogens with zero attached hydrogens (tertiary/aromatic N) is 3. The summed E-state index contributed by atoms with van der Waals surface area (Å²) in [7, 11) is 0. The van der Waals surface area contributed by atoms with Gasteiger partial charge in [0.05, 0.1) is 15.7 Å². The first-order valence-corrected chi connectivity index (χ1v) is 6.19. The van der Waals surface area contributed by atoms with E-state index < -0.39 is 5.91 Å². The van der Waals surface area contributed by atoms with Crippen molar-refractivity contribution in [1.29, 1.82) is 5.41 Å². The van der Waals surface area contributed by atoms with Crippen LogP contribution in [0.5, 0.6) is 0 Å². The van der Waals surface area contributed by atoms with Gasteiger partial charge in [-0.1, -0.05) is 29.3 Å². The Balaban J connectivity index is 2.47. The highest BCUT2D eigenvalue weighted by molar-refractivity contribution is 6.43. The molecule has 2 aromatic rings. The molecule has 0 fully saturated rings. The van der Waals surface area contributed by atoms with Gasteiger partial charge in [0.1, 0.15) is 0 Å². The second-order valence-corrected chi connectivity index (χ2v) is 4.61. The molecule has 0 bridgehead atoms. The van der Waals surface area contributed by atoms with Crippen LogP contribution in [-0.2, 0) is 0 Å². The topological polar surface area (TPSA) is 110 Å². The molecular formula is C11H10Cl2N6O. The van der Waals surface area contributed by atoms with E-state index in [1.807, 2.05) is 0 Å². The predicted molar refractivity (Wildman–Crippen MR) is 76.3 cm³/mol. The van der Waals surface area contributed by atoms with Crippen LogP contribution in [0.15, 0.2) is 18.2 Å². The van der Waals surface area contributed by atoms with Crippen molar-refractivity contribution in [2.75, 3.05) is 11.1 Å². The van der Waals surface area contributed by atoms with E-state index in [9.17, 15) is 4.79 Å². The predicted octanol–water partition coefficient (Wildman–Crippen LogP) is 2.05. The van der Waals surface area contributed by atoms with Crippen molar-refractivity contribution in [1.82, 2.24) is 14.8 Å². The number of aromatic nitrogens is 3. The van der Waals surface area contributed by atoms with Crippen molar-refractivity contribution < 1.29 is 4.79 Å². The molecule has 0 saturated heterocycles. The first-order valence-electron chi connectivity index (χ1n) is 5.43. The maximum absolute atomic E-state index is 11.4. The van der Waals surface area contributed by atoms with E-state index in [1.165, 1.54) is 6.92 Å². The molecule has 20 heavy (non-hydrogen) atoms. The third kappa shape index (κ3) is 2.73. The molecule has 0 aliphatic heterocycles. The molecule has 0 spiro atoms. The van der Waals surface area contributed by atoms with Crippen LogP contribution >= 0.6 is 23.2 Å². The lowest BCUT2D eigenvalue weighted by atomic mass is 10.3. The molecule has 0 atom stereocenters. The van der Waals surface area contributed by atoms with Crippen molar-refractivity contribution in [3.63, 3.8) is 0 Å². The van der Waals surface area contributed by atoms with Crippen molar-refractivity contribution >= 4 is 46.6 Å². The molecule has 0 saturated carbocycles. The van der Waals surface area contributed by atoms with Crippen molar-refractivity contribution in [3.05, 3.63) is 33.7 Å². The van der Waals surface area contributed by atoms with Crippen molar-refractivity contribution in [2.24, 2.45) is 0 Å². The fraction of sp³-hybridized carbons (Fsp3) is 0.0909. The highest BCUT2D eigenvalue weighted by atomic mass is 35.5. The molecule has 0 aliphatic carbocycles. The second-order valence-electron chi connectivity index (χ2n) is 3.83. The number of rotatable bonds is 2. The zero-order valence-electron chi connectivity index (χ0n) is 10.3. The molecule has 1 aromatic heterocycles. The molecule has 1 aromatic carbocycles. The average Bonchev–Trinajstić information content (AvgIpc) is 2.38. The van der Waals surface area contributed by atoms with Gasteiger partial charge in [0.2, 0.25) is 11.9 Å². The lowest BCUT2D eigenvalue weighted by molar-refractivity contribution is 0.0913. The van der Waals surface area contributed by atoms with Gasteiger partial charge in [-0.25, -0.2) is 0 Å². The Hall–Kier alpha value is -2.12. The van der Waals surface area contributed by atoms with E-state index in [2.05, 4.69) is 15.4 Å². The Morgan fingerprint density at radius 2 is 2.15 bits per heavy atom. The Labute approximate surface area is 123 Å². The van der Waals surface area contributed by atoms with Gasteiger partial charge in [-0.3, -0.25) is 10.2 Å². The van der Waals surface area contributed by atoms with Gasteiger partial charge in [-0.2, -0.15) is 9.67 Å². The van der Waals surface area contributed by atoms with Crippen LogP contribution in [0.1, 0.15) is 11.7 Å². The molecule has 2 rings (SSSR count). The number of halogens is 2. The number of hydrogen-bond acceptors (Lipinski definition) is 6. The van der Waals surface area contributed by atoms with Gasteiger partial charge >= 0.3 is 0 Å².